The Morgan fingerprint density at radius 2 is 2.00 bits per heavy atom. The summed E-state index contributed by atoms with van der Waals surface area (Å²) < 4.78 is 5.26. The van der Waals surface area contributed by atoms with Crippen LogP contribution in [0.5, 0.6) is 5.75 Å². The average Bonchev–Trinajstić information content (AvgIpc) is 2.18. The molecule has 0 fully saturated rings. The molecule has 1 rings (SSSR count). The maximum atomic E-state index is 9.38. The van der Waals surface area contributed by atoms with Crippen LogP contribution in [0.2, 0.25) is 0 Å². The van der Waals surface area contributed by atoms with Gasteiger partial charge in [-0.1, -0.05) is 12.1 Å². The molecule has 1 aromatic carbocycles. The van der Waals surface area contributed by atoms with Crippen molar-refractivity contribution in [1.82, 2.24) is 0 Å². The van der Waals surface area contributed by atoms with Crippen LogP contribution in [0, 0.1) is 0 Å². The summed E-state index contributed by atoms with van der Waals surface area (Å²) in [5.41, 5.74) is 6.14. The van der Waals surface area contributed by atoms with Crippen molar-refractivity contribution in [3.05, 3.63) is 29.8 Å². The summed E-state index contributed by atoms with van der Waals surface area (Å²) in [5, 5.41) is 9.38. The van der Waals surface area contributed by atoms with E-state index in [0.29, 0.717) is 6.61 Å². The van der Waals surface area contributed by atoms with Gasteiger partial charge in [-0.25, -0.2) is 0 Å². The summed E-state index contributed by atoms with van der Waals surface area (Å²) in [6, 6.07) is 7.31. The average molecular weight is 181 g/mol. The fraction of sp³-hybridized carbons (Fsp3) is 0.400. The molecule has 0 spiro atoms. The Kier molecular flexibility index (Phi) is 3.73. The summed E-state index contributed by atoms with van der Waals surface area (Å²) >= 11 is 0. The number of nitrogens with two attached hydrogens (primary N) is 1. The van der Waals surface area contributed by atoms with Crippen molar-refractivity contribution in [3.8, 4) is 5.75 Å². The summed E-state index contributed by atoms with van der Waals surface area (Å²) in [7, 11) is 0. The minimum absolute atomic E-state index is 0.244. The molecule has 0 saturated heterocycles. The first kappa shape index (κ1) is 10.0. The molecule has 1 aromatic rings. The number of ether oxygens (including phenoxy) is 1. The minimum Gasteiger partial charge on any atom is -0.494 e. The monoisotopic (exact) mass is 181 g/mol. The number of benzene rings is 1. The number of rotatable bonds is 4. The quantitative estimate of drug-likeness (QED) is 0.730. The molecule has 3 nitrogen and oxygen atoms in total. The predicted molar refractivity (Wildman–Crippen MR) is 51.6 cm³/mol. The largest absolute Gasteiger partial charge is 0.494 e. The molecule has 0 aliphatic carbocycles. The lowest BCUT2D eigenvalue weighted by atomic mass is 10.1. The second-order valence-corrected chi connectivity index (χ2v) is 2.75. The van der Waals surface area contributed by atoms with E-state index in [1.165, 1.54) is 0 Å². The molecule has 3 heteroatoms. The summed E-state index contributed by atoms with van der Waals surface area (Å²) in [6.07, 6.45) is -0.573. The maximum absolute atomic E-state index is 9.38. The second kappa shape index (κ2) is 4.84. The Balaban J connectivity index is 2.69. The Morgan fingerprint density at radius 1 is 1.38 bits per heavy atom. The minimum atomic E-state index is -0.573. The van der Waals surface area contributed by atoms with Crippen molar-refractivity contribution in [1.29, 1.82) is 0 Å². The standard InChI is InChI=1S/C10H15NO2/c1-2-13-9-5-3-8(4-6-9)10(12)7-11/h3-6,10,12H,2,7,11H2,1H3. The van der Waals surface area contributed by atoms with Crippen molar-refractivity contribution in [2.75, 3.05) is 13.2 Å². The van der Waals surface area contributed by atoms with E-state index in [9.17, 15) is 5.11 Å². The Morgan fingerprint density at radius 3 is 2.46 bits per heavy atom. The van der Waals surface area contributed by atoms with E-state index in [1.807, 2.05) is 31.2 Å². The van der Waals surface area contributed by atoms with Crippen LogP contribution in [-0.2, 0) is 0 Å². The topological polar surface area (TPSA) is 55.5 Å². The fourth-order valence-corrected chi connectivity index (χ4v) is 1.09. The van der Waals surface area contributed by atoms with Gasteiger partial charge in [-0.3, -0.25) is 0 Å². The highest BCUT2D eigenvalue weighted by Crippen LogP contribution is 2.16. The zero-order valence-electron chi connectivity index (χ0n) is 7.73. The van der Waals surface area contributed by atoms with Crippen LogP contribution in [0.3, 0.4) is 0 Å². The van der Waals surface area contributed by atoms with E-state index in [0.717, 1.165) is 11.3 Å². The molecule has 72 valence electrons. The molecule has 0 radical (unpaired) electrons. The molecule has 0 aromatic heterocycles. The second-order valence-electron chi connectivity index (χ2n) is 2.75. The van der Waals surface area contributed by atoms with E-state index >= 15 is 0 Å². The van der Waals surface area contributed by atoms with E-state index in [1.54, 1.807) is 0 Å². The molecule has 0 bridgehead atoms. The van der Waals surface area contributed by atoms with Crippen LogP contribution in [0.1, 0.15) is 18.6 Å². The van der Waals surface area contributed by atoms with Gasteiger partial charge in [0, 0.05) is 6.54 Å². The van der Waals surface area contributed by atoms with Crippen molar-refractivity contribution in [3.63, 3.8) is 0 Å². The fourth-order valence-electron chi connectivity index (χ4n) is 1.09. The highest BCUT2D eigenvalue weighted by atomic mass is 16.5. The molecular weight excluding hydrogens is 166 g/mol. The highest BCUT2D eigenvalue weighted by molar-refractivity contribution is 5.28. The predicted octanol–water partition coefficient (Wildman–Crippen LogP) is 1.08. The van der Waals surface area contributed by atoms with Crippen molar-refractivity contribution >= 4 is 0 Å². The Labute approximate surface area is 78.1 Å². The summed E-state index contributed by atoms with van der Waals surface area (Å²) in [5.74, 6) is 0.815. The van der Waals surface area contributed by atoms with Gasteiger partial charge in [-0.05, 0) is 24.6 Å². The molecule has 3 N–H and O–H groups in total. The summed E-state index contributed by atoms with van der Waals surface area (Å²) in [6.45, 7) is 2.83. The van der Waals surface area contributed by atoms with Crippen LogP contribution in [0.4, 0.5) is 0 Å². The SMILES string of the molecule is CCOc1ccc(C(O)CN)cc1. The molecule has 0 aliphatic heterocycles. The molecule has 0 saturated carbocycles. The normalized spacial score (nSPS) is 12.5. The van der Waals surface area contributed by atoms with Gasteiger partial charge in [0.2, 0.25) is 0 Å². The van der Waals surface area contributed by atoms with Crippen LogP contribution in [-0.4, -0.2) is 18.3 Å². The lowest BCUT2D eigenvalue weighted by molar-refractivity contribution is 0.186. The van der Waals surface area contributed by atoms with E-state index in [-0.39, 0.29) is 6.54 Å². The lowest BCUT2D eigenvalue weighted by Gasteiger charge is -2.08. The third kappa shape index (κ3) is 2.72. The van der Waals surface area contributed by atoms with Crippen LogP contribution >= 0.6 is 0 Å². The first-order valence-corrected chi connectivity index (χ1v) is 4.38. The lowest BCUT2D eigenvalue weighted by Crippen LogP contribution is -2.11. The first-order chi connectivity index (χ1) is 6.27. The van der Waals surface area contributed by atoms with Crippen LogP contribution in [0.15, 0.2) is 24.3 Å². The molecule has 1 atom stereocenters. The maximum Gasteiger partial charge on any atom is 0.119 e. The highest BCUT2D eigenvalue weighted by Gasteiger charge is 2.03. The molecule has 13 heavy (non-hydrogen) atoms. The first-order valence-electron chi connectivity index (χ1n) is 4.38. The van der Waals surface area contributed by atoms with E-state index < -0.39 is 6.10 Å². The van der Waals surface area contributed by atoms with Crippen molar-refractivity contribution in [2.45, 2.75) is 13.0 Å². The zero-order valence-corrected chi connectivity index (χ0v) is 7.73. The molecule has 1 unspecified atom stereocenters. The number of aliphatic hydroxyl groups excluding tert-OH is 1. The van der Waals surface area contributed by atoms with Gasteiger partial charge < -0.3 is 15.6 Å². The number of hydrogen-bond donors (Lipinski definition) is 2. The third-order valence-corrected chi connectivity index (χ3v) is 1.80. The van der Waals surface area contributed by atoms with E-state index in [4.69, 9.17) is 10.5 Å². The van der Waals surface area contributed by atoms with Gasteiger partial charge in [0.25, 0.3) is 0 Å². The molecule has 0 heterocycles. The van der Waals surface area contributed by atoms with Gasteiger partial charge in [-0.15, -0.1) is 0 Å². The van der Waals surface area contributed by atoms with Crippen molar-refractivity contribution in [2.24, 2.45) is 5.73 Å². The molecule has 0 aliphatic rings. The van der Waals surface area contributed by atoms with Crippen LogP contribution < -0.4 is 10.5 Å². The number of aliphatic hydroxyl groups is 1. The summed E-state index contributed by atoms with van der Waals surface area (Å²) in [4.78, 5) is 0. The third-order valence-electron chi connectivity index (χ3n) is 1.80. The smallest absolute Gasteiger partial charge is 0.119 e. The van der Waals surface area contributed by atoms with Crippen molar-refractivity contribution < 1.29 is 9.84 Å². The van der Waals surface area contributed by atoms with Crippen LogP contribution in [0.25, 0.3) is 0 Å². The van der Waals surface area contributed by atoms with E-state index in [2.05, 4.69) is 0 Å². The molecular formula is C10H15NO2. The zero-order chi connectivity index (χ0) is 9.68. The van der Waals surface area contributed by atoms with Gasteiger partial charge in [0.1, 0.15) is 5.75 Å². The number of hydrogen-bond acceptors (Lipinski definition) is 3. The van der Waals surface area contributed by atoms with Gasteiger partial charge >= 0.3 is 0 Å². The van der Waals surface area contributed by atoms with Gasteiger partial charge in [0.05, 0.1) is 12.7 Å². The Hall–Kier alpha value is -1.06. The Bertz CT molecular complexity index is 246. The van der Waals surface area contributed by atoms with Gasteiger partial charge in [0.15, 0.2) is 0 Å². The van der Waals surface area contributed by atoms with Gasteiger partial charge in [-0.2, -0.15) is 0 Å². The molecule has 0 amide bonds.